The standard InChI is InChI=1S/C15H24O.C14H22O.C14H22.C13H20/c1-6-12(3)13-8-10-14(11-9-13)16-15(4,5)7-2;1-6-11(2)12-7-9-13(10-8-12)15-14(3,4)5;1-6-11(2)12-7-9-13(10-8-12)14(3,4)5;1-5-11(4)13-8-6-12(7-9-13)10(2)3/h8-12H,6-7H2,1-5H3;7-11H,6H2,1-5H3;7-11H,6H2,1-5H3;6-11H,5H2,1-4H3. The van der Waals surface area contributed by atoms with Crippen molar-refractivity contribution in [3.05, 3.63) is 130 Å². The van der Waals surface area contributed by atoms with Crippen molar-refractivity contribution in [2.24, 2.45) is 0 Å². The predicted molar refractivity (Wildman–Crippen MR) is 259 cm³/mol. The molecule has 4 aromatic rings. The van der Waals surface area contributed by atoms with Crippen molar-refractivity contribution in [1.29, 1.82) is 0 Å². The van der Waals surface area contributed by atoms with E-state index >= 15 is 0 Å². The molecule has 0 aromatic heterocycles. The van der Waals surface area contributed by atoms with Crippen LogP contribution in [0.2, 0.25) is 0 Å². The van der Waals surface area contributed by atoms with E-state index in [1.165, 1.54) is 59.1 Å². The lowest BCUT2D eigenvalue weighted by Crippen LogP contribution is -2.26. The van der Waals surface area contributed by atoms with E-state index in [2.05, 4.69) is 229 Å². The molecule has 0 aliphatic heterocycles. The zero-order valence-corrected chi connectivity index (χ0v) is 41.0. The zero-order chi connectivity index (χ0) is 44.3. The van der Waals surface area contributed by atoms with Gasteiger partial charge in [-0.25, -0.2) is 0 Å². The number of hydrogen-bond donors (Lipinski definition) is 0. The highest BCUT2D eigenvalue weighted by molar-refractivity contribution is 5.31. The van der Waals surface area contributed by atoms with Crippen LogP contribution in [0.15, 0.2) is 97.1 Å². The summed E-state index contributed by atoms with van der Waals surface area (Å²) < 4.78 is 11.7. The highest BCUT2D eigenvalue weighted by Gasteiger charge is 2.17. The molecule has 0 saturated heterocycles. The SMILES string of the molecule is CCC(C)c1ccc(C(C)(C)C)cc1.CCC(C)c1ccc(C(C)C)cc1.CCC(C)c1ccc(OC(C)(C)C)cc1.CCC(C)c1ccc(OC(C)(C)CC)cc1. The van der Waals surface area contributed by atoms with Crippen molar-refractivity contribution in [3.8, 4) is 11.5 Å². The van der Waals surface area contributed by atoms with E-state index in [0.717, 1.165) is 17.9 Å². The summed E-state index contributed by atoms with van der Waals surface area (Å²) in [5.74, 6) is 5.21. The molecular formula is C56H88O2. The van der Waals surface area contributed by atoms with Gasteiger partial charge in [0.25, 0.3) is 0 Å². The molecule has 0 fully saturated rings. The second-order valence-corrected chi connectivity index (χ2v) is 19.5. The van der Waals surface area contributed by atoms with Gasteiger partial charge in [-0.05, 0) is 159 Å². The highest BCUT2D eigenvalue weighted by atomic mass is 16.5. The maximum absolute atomic E-state index is 5.92. The number of rotatable bonds is 13. The molecule has 4 rings (SSSR count). The molecule has 4 aromatic carbocycles. The topological polar surface area (TPSA) is 18.5 Å². The summed E-state index contributed by atoms with van der Waals surface area (Å²) in [4.78, 5) is 0. The first-order chi connectivity index (χ1) is 27.0. The molecule has 0 amide bonds. The molecule has 0 heterocycles. The molecule has 0 radical (unpaired) electrons. The van der Waals surface area contributed by atoms with Gasteiger partial charge in [0.05, 0.1) is 0 Å². The molecular weight excluding hydrogens is 705 g/mol. The van der Waals surface area contributed by atoms with Gasteiger partial charge in [-0.15, -0.1) is 0 Å². The van der Waals surface area contributed by atoms with E-state index in [4.69, 9.17) is 9.47 Å². The van der Waals surface area contributed by atoms with Crippen LogP contribution in [0, 0.1) is 0 Å². The Morgan fingerprint density at radius 2 is 0.655 bits per heavy atom. The van der Waals surface area contributed by atoms with Crippen LogP contribution in [0.25, 0.3) is 0 Å². The molecule has 58 heavy (non-hydrogen) atoms. The van der Waals surface area contributed by atoms with Gasteiger partial charge in [-0.2, -0.15) is 0 Å². The van der Waals surface area contributed by atoms with Crippen LogP contribution in [-0.4, -0.2) is 11.2 Å². The number of hydrogen-bond acceptors (Lipinski definition) is 2. The molecule has 2 heteroatoms. The molecule has 4 atom stereocenters. The summed E-state index contributed by atoms with van der Waals surface area (Å²) in [7, 11) is 0. The molecule has 0 spiro atoms. The summed E-state index contributed by atoms with van der Waals surface area (Å²) in [6.45, 7) is 41.8. The normalized spacial score (nSPS) is 13.7. The minimum absolute atomic E-state index is 0.0715. The van der Waals surface area contributed by atoms with Crippen LogP contribution in [0.3, 0.4) is 0 Å². The van der Waals surface area contributed by atoms with Crippen LogP contribution in [0.4, 0.5) is 0 Å². The van der Waals surface area contributed by atoms with E-state index in [1.807, 2.05) is 0 Å². The van der Waals surface area contributed by atoms with E-state index in [9.17, 15) is 0 Å². The molecule has 4 unspecified atom stereocenters. The first-order valence-electron chi connectivity index (χ1n) is 22.8. The van der Waals surface area contributed by atoms with Crippen LogP contribution in [-0.2, 0) is 5.41 Å². The Kier molecular flexibility index (Phi) is 22.8. The van der Waals surface area contributed by atoms with Crippen LogP contribution < -0.4 is 9.47 Å². The largest absolute Gasteiger partial charge is 0.488 e. The molecule has 324 valence electrons. The highest BCUT2D eigenvalue weighted by Crippen LogP contribution is 2.28. The summed E-state index contributed by atoms with van der Waals surface area (Å²) in [5.41, 5.74) is 8.65. The second kappa shape index (κ2) is 25.2. The summed E-state index contributed by atoms with van der Waals surface area (Å²) >= 11 is 0. The maximum atomic E-state index is 5.92. The minimum atomic E-state index is -0.113. The first kappa shape index (κ1) is 52.5. The average molecular weight is 793 g/mol. The first-order valence-corrected chi connectivity index (χ1v) is 22.8. The lowest BCUT2D eigenvalue weighted by Gasteiger charge is -2.25. The number of benzene rings is 4. The van der Waals surface area contributed by atoms with E-state index in [0.29, 0.717) is 29.6 Å². The van der Waals surface area contributed by atoms with Gasteiger partial charge in [0.1, 0.15) is 22.7 Å². The lowest BCUT2D eigenvalue weighted by atomic mass is 9.85. The van der Waals surface area contributed by atoms with Gasteiger partial charge in [0, 0.05) is 0 Å². The third kappa shape index (κ3) is 20.0. The average Bonchev–Trinajstić information content (AvgIpc) is 3.20. The van der Waals surface area contributed by atoms with Gasteiger partial charge >= 0.3 is 0 Å². The Morgan fingerprint density at radius 3 is 0.914 bits per heavy atom. The van der Waals surface area contributed by atoms with Gasteiger partial charge < -0.3 is 9.47 Å². The summed E-state index contributed by atoms with van der Waals surface area (Å²) in [5, 5.41) is 0. The summed E-state index contributed by atoms with van der Waals surface area (Å²) in [6.07, 6.45) is 5.82. The Hall–Kier alpha value is -3.52. The molecule has 0 saturated carbocycles. The van der Waals surface area contributed by atoms with Gasteiger partial charge in [0.15, 0.2) is 0 Å². The quantitative estimate of drug-likeness (QED) is 0.134. The fraction of sp³-hybridized carbons (Fsp3) is 0.571. The molecule has 0 aliphatic rings. The lowest BCUT2D eigenvalue weighted by molar-refractivity contribution is 0.105. The Morgan fingerprint density at radius 1 is 0.379 bits per heavy atom. The third-order valence-corrected chi connectivity index (χ3v) is 11.5. The van der Waals surface area contributed by atoms with Gasteiger partial charge in [0.2, 0.25) is 0 Å². The molecule has 2 nitrogen and oxygen atoms in total. The van der Waals surface area contributed by atoms with E-state index < -0.39 is 0 Å². The second-order valence-electron chi connectivity index (χ2n) is 19.5. The Bertz CT molecular complexity index is 1630. The van der Waals surface area contributed by atoms with Crippen molar-refractivity contribution >= 4 is 0 Å². The van der Waals surface area contributed by atoms with E-state index in [1.54, 1.807) is 0 Å². The van der Waals surface area contributed by atoms with Crippen molar-refractivity contribution in [3.63, 3.8) is 0 Å². The number of ether oxygens (including phenoxy) is 2. The van der Waals surface area contributed by atoms with Crippen molar-refractivity contribution in [1.82, 2.24) is 0 Å². The predicted octanol–water partition coefficient (Wildman–Crippen LogP) is 18.0. The summed E-state index contributed by atoms with van der Waals surface area (Å²) in [6, 6.07) is 35.1. The Balaban J connectivity index is 0.000000388. The Labute approximate surface area is 360 Å². The zero-order valence-electron chi connectivity index (χ0n) is 41.0. The molecule has 0 bridgehead atoms. The fourth-order valence-electron chi connectivity index (χ4n) is 5.94. The maximum Gasteiger partial charge on any atom is 0.120 e. The van der Waals surface area contributed by atoms with Crippen LogP contribution >= 0.6 is 0 Å². The van der Waals surface area contributed by atoms with Crippen molar-refractivity contribution in [2.75, 3.05) is 0 Å². The van der Waals surface area contributed by atoms with Crippen LogP contribution in [0.5, 0.6) is 11.5 Å². The van der Waals surface area contributed by atoms with Crippen molar-refractivity contribution < 1.29 is 9.47 Å². The third-order valence-electron chi connectivity index (χ3n) is 11.5. The van der Waals surface area contributed by atoms with Crippen molar-refractivity contribution in [2.45, 2.75) is 210 Å². The van der Waals surface area contributed by atoms with Gasteiger partial charge in [-0.1, -0.05) is 170 Å². The minimum Gasteiger partial charge on any atom is -0.488 e. The monoisotopic (exact) mass is 793 g/mol. The molecule has 0 N–H and O–H groups in total. The smallest absolute Gasteiger partial charge is 0.120 e. The van der Waals surface area contributed by atoms with E-state index in [-0.39, 0.29) is 16.6 Å². The molecule has 0 aliphatic carbocycles. The fourth-order valence-corrected chi connectivity index (χ4v) is 5.94. The van der Waals surface area contributed by atoms with Crippen LogP contribution in [0.1, 0.15) is 227 Å². The van der Waals surface area contributed by atoms with Gasteiger partial charge in [-0.3, -0.25) is 0 Å².